The van der Waals surface area contributed by atoms with Crippen molar-refractivity contribution in [2.24, 2.45) is 5.92 Å². The van der Waals surface area contributed by atoms with Gasteiger partial charge in [0.05, 0.1) is 10.6 Å². The normalized spacial score (nSPS) is 22.8. The Morgan fingerprint density at radius 1 is 1.13 bits per heavy atom. The van der Waals surface area contributed by atoms with Crippen LogP contribution in [0.25, 0.3) is 0 Å². The number of piperidine rings is 1. The molecule has 1 aromatic heterocycles. The fourth-order valence-corrected chi connectivity index (χ4v) is 3.82. The number of likely N-dealkylation sites (tertiary alicyclic amines) is 1. The lowest BCUT2D eigenvalue weighted by Gasteiger charge is -2.27. The van der Waals surface area contributed by atoms with Crippen LogP contribution < -0.4 is 4.90 Å². The van der Waals surface area contributed by atoms with Crippen LogP contribution in [-0.4, -0.2) is 42.0 Å². The molecule has 3 heterocycles. The molecule has 2 fully saturated rings. The fourth-order valence-electron chi connectivity index (χ4n) is 3.53. The molecule has 1 amide bonds. The van der Waals surface area contributed by atoms with E-state index in [1.165, 1.54) is 25.7 Å². The largest absolute Gasteiger partial charge is 0.355 e. The molecular formula is C18H26ClN3O. The van der Waals surface area contributed by atoms with Crippen molar-refractivity contribution in [2.45, 2.75) is 45.4 Å². The minimum absolute atomic E-state index is 0.0649. The minimum Gasteiger partial charge on any atom is -0.355 e. The van der Waals surface area contributed by atoms with Crippen LogP contribution in [-0.2, 0) is 0 Å². The molecule has 0 spiro atoms. The van der Waals surface area contributed by atoms with Gasteiger partial charge in [-0.2, -0.15) is 0 Å². The van der Waals surface area contributed by atoms with Crippen molar-refractivity contribution in [3.05, 3.63) is 22.8 Å². The highest BCUT2D eigenvalue weighted by molar-refractivity contribution is 6.33. The van der Waals surface area contributed by atoms with Crippen molar-refractivity contribution in [1.29, 1.82) is 0 Å². The molecule has 2 saturated heterocycles. The van der Waals surface area contributed by atoms with Crippen molar-refractivity contribution in [2.75, 3.05) is 31.1 Å². The van der Waals surface area contributed by atoms with E-state index < -0.39 is 0 Å². The molecule has 0 bridgehead atoms. The van der Waals surface area contributed by atoms with E-state index in [0.717, 1.165) is 50.8 Å². The first-order valence-corrected chi connectivity index (χ1v) is 9.22. The van der Waals surface area contributed by atoms with Crippen LogP contribution in [0.5, 0.6) is 0 Å². The smallest absolute Gasteiger partial charge is 0.255 e. The summed E-state index contributed by atoms with van der Waals surface area (Å²) in [5.74, 6) is 1.66. The van der Waals surface area contributed by atoms with Gasteiger partial charge in [-0.25, -0.2) is 4.98 Å². The van der Waals surface area contributed by atoms with Crippen LogP contribution in [0.4, 0.5) is 5.82 Å². The summed E-state index contributed by atoms with van der Waals surface area (Å²) < 4.78 is 0. The molecule has 0 radical (unpaired) electrons. The minimum atomic E-state index is 0.0649. The summed E-state index contributed by atoms with van der Waals surface area (Å²) in [6.07, 6.45) is 8.72. The van der Waals surface area contributed by atoms with E-state index in [2.05, 4.69) is 16.8 Å². The molecule has 0 aromatic carbocycles. The topological polar surface area (TPSA) is 36.4 Å². The van der Waals surface area contributed by atoms with E-state index in [0.29, 0.717) is 10.6 Å². The van der Waals surface area contributed by atoms with E-state index in [9.17, 15) is 4.79 Å². The van der Waals surface area contributed by atoms with Crippen molar-refractivity contribution < 1.29 is 4.79 Å². The summed E-state index contributed by atoms with van der Waals surface area (Å²) >= 11 is 6.46. The van der Waals surface area contributed by atoms with Gasteiger partial charge in [-0.1, -0.05) is 18.5 Å². The maximum Gasteiger partial charge on any atom is 0.255 e. The zero-order valence-electron chi connectivity index (χ0n) is 13.9. The van der Waals surface area contributed by atoms with Gasteiger partial charge in [0.25, 0.3) is 5.91 Å². The third-order valence-corrected chi connectivity index (χ3v) is 5.31. The Morgan fingerprint density at radius 3 is 2.65 bits per heavy atom. The summed E-state index contributed by atoms with van der Waals surface area (Å²) in [7, 11) is 0. The number of carbonyl (C=O) groups excluding carboxylic acids is 1. The lowest BCUT2D eigenvalue weighted by molar-refractivity contribution is 0.0724. The first-order valence-electron chi connectivity index (χ1n) is 8.85. The molecule has 0 aliphatic carbocycles. The summed E-state index contributed by atoms with van der Waals surface area (Å²) in [6.45, 7) is 5.99. The van der Waals surface area contributed by atoms with Crippen LogP contribution >= 0.6 is 11.6 Å². The Balaban J connectivity index is 1.73. The lowest BCUT2D eigenvalue weighted by atomic mass is 10.0. The molecule has 0 N–H and O–H groups in total. The van der Waals surface area contributed by atoms with Gasteiger partial charge in [0.2, 0.25) is 0 Å². The second-order valence-corrected chi connectivity index (χ2v) is 7.31. The Bertz CT molecular complexity index is 557. The number of amides is 1. The van der Waals surface area contributed by atoms with Crippen LogP contribution in [0, 0.1) is 5.92 Å². The molecule has 4 nitrogen and oxygen atoms in total. The second kappa shape index (κ2) is 7.52. The van der Waals surface area contributed by atoms with E-state index in [4.69, 9.17) is 11.6 Å². The standard InChI is InChI=1S/C18H26ClN3O/c1-14-6-5-10-21(11-7-14)17-16(19)12-15(13-20-17)18(23)22-8-3-2-4-9-22/h12-14H,2-11H2,1H3. The van der Waals surface area contributed by atoms with Gasteiger partial charge in [-0.3, -0.25) is 4.79 Å². The Kier molecular flexibility index (Phi) is 5.42. The number of nitrogens with zero attached hydrogens (tertiary/aromatic N) is 3. The summed E-state index contributed by atoms with van der Waals surface area (Å²) in [6, 6.07) is 1.80. The molecule has 0 saturated carbocycles. The fraction of sp³-hybridized carbons (Fsp3) is 0.667. The van der Waals surface area contributed by atoms with Gasteiger partial charge in [0, 0.05) is 32.4 Å². The maximum atomic E-state index is 12.6. The highest BCUT2D eigenvalue weighted by Crippen LogP contribution is 2.28. The molecule has 1 atom stereocenters. The van der Waals surface area contributed by atoms with Crippen molar-refractivity contribution in [3.8, 4) is 0 Å². The van der Waals surface area contributed by atoms with Gasteiger partial charge in [0.15, 0.2) is 0 Å². The van der Waals surface area contributed by atoms with Crippen molar-refractivity contribution >= 4 is 23.3 Å². The Hall–Kier alpha value is -1.29. The summed E-state index contributed by atoms with van der Waals surface area (Å²) in [4.78, 5) is 21.3. The van der Waals surface area contributed by atoms with Crippen LogP contribution in [0.2, 0.25) is 5.02 Å². The number of pyridine rings is 1. The predicted octanol–water partition coefficient (Wildman–Crippen LogP) is 3.99. The quantitative estimate of drug-likeness (QED) is 0.820. The molecule has 5 heteroatoms. The van der Waals surface area contributed by atoms with Crippen LogP contribution in [0.15, 0.2) is 12.3 Å². The molecule has 2 aliphatic rings. The lowest BCUT2D eigenvalue weighted by Crippen LogP contribution is -2.35. The number of hydrogen-bond acceptors (Lipinski definition) is 3. The average molecular weight is 336 g/mol. The number of anilines is 1. The predicted molar refractivity (Wildman–Crippen MR) is 94.2 cm³/mol. The van der Waals surface area contributed by atoms with Gasteiger partial charge >= 0.3 is 0 Å². The summed E-state index contributed by atoms with van der Waals surface area (Å²) in [5, 5.41) is 0.599. The van der Waals surface area contributed by atoms with Crippen molar-refractivity contribution in [3.63, 3.8) is 0 Å². The molecule has 2 aliphatic heterocycles. The monoisotopic (exact) mass is 335 g/mol. The Morgan fingerprint density at radius 2 is 1.91 bits per heavy atom. The third-order valence-electron chi connectivity index (χ3n) is 5.03. The highest BCUT2D eigenvalue weighted by atomic mass is 35.5. The molecule has 1 aromatic rings. The SMILES string of the molecule is CC1CCCN(c2ncc(C(=O)N3CCCCC3)cc2Cl)CC1. The molecule has 1 unspecified atom stereocenters. The van der Waals surface area contributed by atoms with Crippen molar-refractivity contribution in [1.82, 2.24) is 9.88 Å². The van der Waals surface area contributed by atoms with E-state index in [1.807, 2.05) is 4.90 Å². The third kappa shape index (κ3) is 3.97. The average Bonchev–Trinajstić information content (AvgIpc) is 2.79. The summed E-state index contributed by atoms with van der Waals surface area (Å²) in [5.41, 5.74) is 0.615. The second-order valence-electron chi connectivity index (χ2n) is 6.91. The molecular weight excluding hydrogens is 310 g/mol. The maximum absolute atomic E-state index is 12.6. The van der Waals surface area contributed by atoms with Gasteiger partial charge < -0.3 is 9.80 Å². The molecule has 126 valence electrons. The van der Waals surface area contributed by atoms with Crippen LogP contribution in [0.1, 0.15) is 55.8 Å². The number of carbonyl (C=O) groups is 1. The van der Waals surface area contributed by atoms with Gasteiger partial charge in [0.1, 0.15) is 5.82 Å². The van der Waals surface area contributed by atoms with E-state index >= 15 is 0 Å². The zero-order valence-corrected chi connectivity index (χ0v) is 14.7. The first-order chi connectivity index (χ1) is 11.1. The van der Waals surface area contributed by atoms with E-state index in [1.54, 1.807) is 12.3 Å². The molecule has 3 rings (SSSR count). The van der Waals surface area contributed by atoms with Crippen LogP contribution in [0.3, 0.4) is 0 Å². The van der Waals surface area contributed by atoms with Gasteiger partial charge in [-0.05, 0) is 50.5 Å². The molecule has 23 heavy (non-hydrogen) atoms. The first kappa shape index (κ1) is 16.6. The number of halogens is 1. The highest BCUT2D eigenvalue weighted by Gasteiger charge is 2.22. The Labute approximate surface area is 143 Å². The number of aromatic nitrogens is 1. The van der Waals surface area contributed by atoms with E-state index in [-0.39, 0.29) is 5.91 Å². The number of hydrogen-bond donors (Lipinski definition) is 0. The van der Waals surface area contributed by atoms with Gasteiger partial charge in [-0.15, -0.1) is 0 Å². The zero-order chi connectivity index (χ0) is 16.2. The number of rotatable bonds is 2.